The summed E-state index contributed by atoms with van der Waals surface area (Å²) < 4.78 is 0. The molecule has 0 aliphatic heterocycles. The number of hydrogen-bond donors (Lipinski definition) is 1. The summed E-state index contributed by atoms with van der Waals surface area (Å²) in [4.78, 5) is 0. The third-order valence-corrected chi connectivity index (χ3v) is 8.29. The van der Waals surface area contributed by atoms with Crippen molar-refractivity contribution in [2.24, 2.45) is 41.4 Å². The molecule has 0 saturated heterocycles. The molecule has 0 bridgehead atoms. The van der Waals surface area contributed by atoms with Gasteiger partial charge in [0.25, 0.3) is 0 Å². The lowest BCUT2D eigenvalue weighted by Gasteiger charge is -2.29. The van der Waals surface area contributed by atoms with Crippen LogP contribution in [0, 0.1) is 41.4 Å². The highest BCUT2D eigenvalue weighted by atomic mass is 32.1. The monoisotopic (exact) mass is 384 g/mol. The molecule has 0 spiro atoms. The largest absolute Gasteiger partial charge is 0.176 e. The van der Waals surface area contributed by atoms with Crippen LogP contribution >= 0.6 is 12.6 Å². The summed E-state index contributed by atoms with van der Waals surface area (Å²) in [5.74, 6) is 5.95. The van der Waals surface area contributed by atoms with Crippen molar-refractivity contribution in [3.8, 4) is 0 Å². The number of rotatable bonds is 15. The van der Waals surface area contributed by atoms with Crippen molar-refractivity contribution >= 4 is 12.6 Å². The molecule has 7 unspecified atom stereocenters. The molecule has 0 aliphatic carbocycles. The summed E-state index contributed by atoms with van der Waals surface area (Å²) in [5, 5.41) is 0.584. The molecule has 0 saturated carbocycles. The first kappa shape index (κ1) is 26.4. The number of thiol groups is 1. The zero-order chi connectivity index (χ0) is 20.3. The van der Waals surface area contributed by atoms with E-state index in [1.807, 2.05) is 0 Å². The summed E-state index contributed by atoms with van der Waals surface area (Å²) in [5.41, 5.74) is 0. The Morgan fingerprint density at radius 2 is 0.962 bits per heavy atom. The lowest BCUT2D eigenvalue weighted by Crippen LogP contribution is -2.22. The van der Waals surface area contributed by atoms with Gasteiger partial charge in [-0.3, -0.25) is 0 Å². The molecule has 0 amide bonds. The molecule has 7 atom stereocenters. The van der Waals surface area contributed by atoms with Crippen LogP contribution in [0.2, 0.25) is 0 Å². The lowest BCUT2D eigenvalue weighted by atomic mass is 9.77. The average Bonchev–Trinajstić information content (AvgIpc) is 2.59. The van der Waals surface area contributed by atoms with Gasteiger partial charge >= 0.3 is 0 Å². The third kappa shape index (κ3) is 9.52. The Bertz CT molecular complexity index is 324. The Kier molecular flexibility index (Phi) is 14.6. The molecule has 0 aromatic carbocycles. The summed E-state index contributed by atoms with van der Waals surface area (Å²) >= 11 is 4.83. The highest BCUT2D eigenvalue weighted by Gasteiger charge is 2.23. The van der Waals surface area contributed by atoms with Crippen molar-refractivity contribution in [2.75, 3.05) is 0 Å². The van der Waals surface area contributed by atoms with Crippen LogP contribution in [0.1, 0.15) is 114 Å². The van der Waals surface area contributed by atoms with Gasteiger partial charge in [-0.15, -0.1) is 0 Å². The van der Waals surface area contributed by atoms with Crippen molar-refractivity contribution < 1.29 is 0 Å². The molecule has 158 valence electrons. The van der Waals surface area contributed by atoms with E-state index in [0.29, 0.717) is 5.25 Å². The topological polar surface area (TPSA) is 0 Å². The molecule has 0 aliphatic rings. The molecule has 0 aromatic heterocycles. The van der Waals surface area contributed by atoms with Gasteiger partial charge in [0.2, 0.25) is 0 Å². The second-order valence-corrected chi connectivity index (χ2v) is 10.4. The van der Waals surface area contributed by atoms with E-state index in [1.165, 1.54) is 51.4 Å². The van der Waals surface area contributed by atoms with E-state index in [1.54, 1.807) is 0 Å². The van der Waals surface area contributed by atoms with E-state index in [-0.39, 0.29) is 0 Å². The molecular weight excluding hydrogens is 332 g/mol. The highest BCUT2D eigenvalue weighted by Crippen LogP contribution is 2.33. The molecule has 0 aromatic rings. The third-order valence-electron chi connectivity index (χ3n) is 7.54. The molecule has 0 fully saturated rings. The fourth-order valence-electron chi connectivity index (χ4n) is 5.17. The van der Waals surface area contributed by atoms with Crippen LogP contribution in [0.3, 0.4) is 0 Å². The van der Waals surface area contributed by atoms with Gasteiger partial charge in [-0.1, -0.05) is 107 Å². The molecule has 1 heteroatoms. The second kappa shape index (κ2) is 14.4. The highest BCUT2D eigenvalue weighted by molar-refractivity contribution is 7.81. The average molecular weight is 385 g/mol. The fourth-order valence-corrected chi connectivity index (χ4v) is 5.68. The van der Waals surface area contributed by atoms with Crippen LogP contribution in [0.4, 0.5) is 0 Å². The maximum Gasteiger partial charge on any atom is 0.00449 e. The molecular formula is C25H52S. The van der Waals surface area contributed by atoms with Crippen LogP contribution in [-0.4, -0.2) is 5.25 Å². The first-order valence-corrected chi connectivity index (χ1v) is 12.4. The maximum atomic E-state index is 4.83. The summed E-state index contributed by atoms with van der Waals surface area (Å²) in [6.07, 6.45) is 10.8. The Labute approximate surface area is 173 Å². The summed E-state index contributed by atoms with van der Waals surface area (Å²) in [6.45, 7) is 21.7. The lowest BCUT2D eigenvalue weighted by molar-refractivity contribution is 0.220. The van der Waals surface area contributed by atoms with Crippen molar-refractivity contribution in [3.05, 3.63) is 0 Å². The van der Waals surface area contributed by atoms with E-state index in [4.69, 9.17) is 12.6 Å². The molecule has 0 N–H and O–H groups in total. The minimum atomic E-state index is 0.584. The Hall–Kier alpha value is 0.350. The van der Waals surface area contributed by atoms with Crippen molar-refractivity contribution in [3.63, 3.8) is 0 Å². The van der Waals surface area contributed by atoms with Crippen LogP contribution < -0.4 is 0 Å². The Balaban J connectivity index is 4.21. The van der Waals surface area contributed by atoms with E-state index in [2.05, 4.69) is 62.3 Å². The van der Waals surface area contributed by atoms with Gasteiger partial charge in [0.15, 0.2) is 0 Å². The summed E-state index contributed by atoms with van der Waals surface area (Å²) in [7, 11) is 0. The molecule has 0 nitrogen and oxygen atoms in total. The maximum absolute atomic E-state index is 4.83. The fraction of sp³-hybridized carbons (Fsp3) is 1.00. The zero-order valence-electron chi connectivity index (χ0n) is 19.7. The van der Waals surface area contributed by atoms with E-state index in [9.17, 15) is 0 Å². The van der Waals surface area contributed by atoms with Crippen molar-refractivity contribution in [1.82, 2.24) is 0 Å². The Morgan fingerprint density at radius 1 is 0.538 bits per heavy atom. The van der Waals surface area contributed by atoms with Crippen LogP contribution in [-0.2, 0) is 0 Å². The van der Waals surface area contributed by atoms with E-state index < -0.39 is 0 Å². The SMILES string of the molecule is CCC(S)C(CC)C(C)CCCC(C)C(C)CCC(C)C(CC)C(C)C. The standard InChI is InChI=1S/C25H52S/c1-10-23(18(4)5)22(9)17-16-20(7)19(6)14-13-15-21(8)24(11-2)25(26)12-3/h18-26H,10-17H2,1-9H3. The van der Waals surface area contributed by atoms with Crippen molar-refractivity contribution in [2.45, 2.75) is 119 Å². The smallest absolute Gasteiger partial charge is 0.00449 e. The molecule has 0 rings (SSSR count). The van der Waals surface area contributed by atoms with Crippen LogP contribution in [0.5, 0.6) is 0 Å². The number of hydrogen-bond acceptors (Lipinski definition) is 1. The predicted molar refractivity (Wildman–Crippen MR) is 125 cm³/mol. The van der Waals surface area contributed by atoms with Gasteiger partial charge in [0.1, 0.15) is 0 Å². The van der Waals surface area contributed by atoms with E-state index in [0.717, 1.165) is 41.4 Å². The molecule has 0 heterocycles. The van der Waals surface area contributed by atoms with Gasteiger partial charge in [0.05, 0.1) is 0 Å². The quantitative estimate of drug-likeness (QED) is 0.268. The minimum Gasteiger partial charge on any atom is -0.176 e. The first-order chi connectivity index (χ1) is 12.2. The zero-order valence-corrected chi connectivity index (χ0v) is 20.6. The Morgan fingerprint density at radius 3 is 1.42 bits per heavy atom. The van der Waals surface area contributed by atoms with Crippen LogP contribution in [0.25, 0.3) is 0 Å². The molecule has 26 heavy (non-hydrogen) atoms. The summed E-state index contributed by atoms with van der Waals surface area (Å²) in [6, 6.07) is 0. The van der Waals surface area contributed by atoms with Gasteiger partial charge in [-0.25, -0.2) is 0 Å². The van der Waals surface area contributed by atoms with E-state index >= 15 is 0 Å². The van der Waals surface area contributed by atoms with Gasteiger partial charge in [0, 0.05) is 5.25 Å². The normalized spacial score (nSPS) is 20.4. The minimum absolute atomic E-state index is 0.584. The van der Waals surface area contributed by atoms with Gasteiger partial charge in [-0.05, 0) is 47.8 Å². The molecule has 0 radical (unpaired) electrons. The van der Waals surface area contributed by atoms with Crippen molar-refractivity contribution in [1.29, 1.82) is 0 Å². The predicted octanol–water partition coefficient (Wildman–Crippen LogP) is 8.90. The van der Waals surface area contributed by atoms with Gasteiger partial charge < -0.3 is 0 Å². The van der Waals surface area contributed by atoms with Gasteiger partial charge in [-0.2, -0.15) is 12.6 Å². The van der Waals surface area contributed by atoms with Crippen LogP contribution in [0.15, 0.2) is 0 Å². The first-order valence-electron chi connectivity index (χ1n) is 11.9. The second-order valence-electron chi connectivity index (χ2n) is 9.78.